The van der Waals surface area contributed by atoms with Crippen molar-refractivity contribution in [1.82, 2.24) is 19.1 Å². The highest BCUT2D eigenvalue weighted by molar-refractivity contribution is 7.89. The molecule has 3 rings (SSSR count). The third-order valence-electron chi connectivity index (χ3n) is 4.58. The van der Waals surface area contributed by atoms with Crippen molar-refractivity contribution in [3.63, 3.8) is 0 Å². The molecule has 0 fully saturated rings. The van der Waals surface area contributed by atoms with Crippen LogP contribution in [0.1, 0.15) is 24.1 Å². The van der Waals surface area contributed by atoms with E-state index in [2.05, 4.69) is 10.1 Å². The molecule has 1 heterocycles. The Morgan fingerprint density at radius 2 is 1.85 bits per heavy atom. The number of nitrogens with zero attached hydrogens (tertiary/aromatic N) is 4. The molecular weight excluding hydrogens is 364 g/mol. The summed E-state index contributed by atoms with van der Waals surface area (Å²) in [6.07, 6.45) is 3.07. The molecule has 0 aliphatic rings. The van der Waals surface area contributed by atoms with Crippen molar-refractivity contribution in [2.75, 3.05) is 14.2 Å². The number of aromatic nitrogens is 3. The minimum Gasteiger partial charge on any atom is -0.495 e. The van der Waals surface area contributed by atoms with Crippen molar-refractivity contribution in [1.29, 1.82) is 0 Å². The molecule has 0 aliphatic heterocycles. The molecule has 27 heavy (non-hydrogen) atoms. The highest BCUT2D eigenvalue weighted by Gasteiger charge is 2.29. The Balaban J connectivity index is 1.90. The molecule has 0 radical (unpaired) electrons. The lowest BCUT2D eigenvalue weighted by Gasteiger charge is -2.25. The molecule has 0 N–H and O–H groups in total. The maximum Gasteiger partial charge on any atom is 0.247 e. The second kappa shape index (κ2) is 7.50. The zero-order valence-corrected chi connectivity index (χ0v) is 16.5. The monoisotopic (exact) mass is 386 g/mol. The van der Waals surface area contributed by atoms with Crippen molar-refractivity contribution >= 4 is 10.0 Å². The molecule has 0 bridgehead atoms. The summed E-state index contributed by atoms with van der Waals surface area (Å²) in [4.78, 5) is 4.09. The molecule has 1 atom stereocenters. The van der Waals surface area contributed by atoms with E-state index in [0.717, 1.165) is 16.8 Å². The Morgan fingerprint density at radius 3 is 2.44 bits per heavy atom. The molecule has 2 aromatic carbocycles. The van der Waals surface area contributed by atoms with Crippen LogP contribution in [0, 0.1) is 6.92 Å². The highest BCUT2D eigenvalue weighted by atomic mass is 32.2. The number of methoxy groups -OCH3 is 1. The maximum absolute atomic E-state index is 13.2. The minimum absolute atomic E-state index is 0.165. The smallest absolute Gasteiger partial charge is 0.247 e. The van der Waals surface area contributed by atoms with Crippen LogP contribution in [0.4, 0.5) is 0 Å². The third kappa shape index (κ3) is 3.72. The number of rotatable bonds is 6. The molecule has 0 aliphatic carbocycles. The van der Waals surface area contributed by atoms with Gasteiger partial charge in [0.15, 0.2) is 0 Å². The second-order valence-corrected chi connectivity index (χ2v) is 8.25. The first-order valence-corrected chi connectivity index (χ1v) is 9.86. The molecular formula is C19H22N4O3S. The van der Waals surface area contributed by atoms with Crippen molar-refractivity contribution in [3.05, 3.63) is 66.2 Å². The molecule has 0 saturated heterocycles. The maximum atomic E-state index is 13.2. The summed E-state index contributed by atoms with van der Waals surface area (Å²) < 4.78 is 34.6. The molecule has 3 aromatic rings. The predicted octanol–water partition coefficient (Wildman–Crippen LogP) is 2.97. The van der Waals surface area contributed by atoms with E-state index in [0.29, 0.717) is 5.75 Å². The van der Waals surface area contributed by atoms with Gasteiger partial charge in [-0.05, 0) is 49.2 Å². The second-order valence-electron chi connectivity index (χ2n) is 6.28. The average Bonchev–Trinajstić information content (AvgIpc) is 3.21. The van der Waals surface area contributed by atoms with Gasteiger partial charge in [0.2, 0.25) is 10.0 Å². The third-order valence-corrected chi connectivity index (χ3v) is 6.53. The molecule has 142 valence electrons. The van der Waals surface area contributed by atoms with Gasteiger partial charge in [0.05, 0.1) is 12.8 Å². The number of hydrogen-bond acceptors (Lipinski definition) is 5. The Labute approximate surface area is 159 Å². The summed E-state index contributed by atoms with van der Waals surface area (Å²) in [5.74, 6) is 0.334. The van der Waals surface area contributed by atoms with Crippen LogP contribution in [0.25, 0.3) is 5.69 Å². The number of hydrogen-bond donors (Lipinski definition) is 0. The Morgan fingerprint density at radius 1 is 1.15 bits per heavy atom. The first kappa shape index (κ1) is 19.1. The molecule has 0 amide bonds. The van der Waals surface area contributed by atoms with E-state index in [4.69, 9.17) is 4.74 Å². The fourth-order valence-corrected chi connectivity index (χ4v) is 4.39. The Bertz CT molecular complexity index is 1020. The normalized spacial score (nSPS) is 12.9. The van der Waals surface area contributed by atoms with Crippen LogP contribution < -0.4 is 4.74 Å². The average molecular weight is 386 g/mol. The molecule has 0 saturated carbocycles. The molecule has 7 nitrogen and oxygen atoms in total. The van der Waals surface area contributed by atoms with Crippen LogP contribution in [0.5, 0.6) is 5.75 Å². The Kier molecular flexibility index (Phi) is 5.29. The van der Waals surface area contributed by atoms with E-state index < -0.39 is 10.0 Å². The van der Waals surface area contributed by atoms with Gasteiger partial charge in [0.25, 0.3) is 0 Å². The van der Waals surface area contributed by atoms with Gasteiger partial charge < -0.3 is 4.74 Å². The van der Waals surface area contributed by atoms with Gasteiger partial charge in [-0.1, -0.05) is 18.2 Å². The summed E-state index contributed by atoms with van der Waals surface area (Å²) in [5.41, 5.74) is 2.58. The topological polar surface area (TPSA) is 77.3 Å². The van der Waals surface area contributed by atoms with Crippen molar-refractivity contribution < 1.29 is 13.2 Å². The van der Waals surface area contributed by atoms with E-state index >= 15 is 0 Å². The molecule has 8 heteroatoms. The first-order chi connectivity index (χ1) is 12.8. The summed E-state index contributed by atoms with van der Waals surface area (Å²) in [6.45, 7) is 3.70. The zero-order valence-electron chi connectivity index (χ0n) is 15.7. The van der Waals surface area contributed by atoms with Gasteiger partial charge in [-0.25, -0.2) is 18.1 Å². The number of aryl methyl sites for hydroxylation is 1. The van der Waals surface area contributed by atoms with E-state index in [9.17, 15) is 8.42 Å². The Hall–Kier alpha value is -2.71. The zero-order chi connectivity index (χ0) is 19.6. The quantitative estimate of drug-likeness (QED) is 0.651. The minimum atomic E-state index is -3.72. The van der Waals surface area contributed by atoms with Gasteiger partial charge in [-0.15, -0.1) is 0 Å². The predicted molar refractivity (Wildman–Crippen MR) is 102 cm³/mol. The van der Waals surface area contributed by atoms with E-state index in [1.807, 2.05) is 44.2 Å². The molecule has 1 aromatic heterocycles. The fraction of sp³-hybridized carbons (Fsp3) is 0.263. The van der Waals surface area contributed by atoms with Crippen LogP contribution in [0.15, 0.2) is 60.0 Å². The van der Waals surface area contributed by atoms with Gasteiger partial charge >= 0.3 is 0 Å². The number of benzene rings is 2. The molecule has 0 unspecified atom stereocenters. The summed E-state index contributed by atoms with van der Waals surface area (Å²) in [7, 11) is -0.679. The van der Waals surface area contributed by atoms with Crippen LogP contribution in [0.3, 0.4) is 0 Å². The van der Waals surface area contributed by atoms with Gasteiger partial charge in [0.1, 0.15) is 23.3 Å². The molecule has 0 spiro atoms. The standard InChI is InChI=1S/C19H22N4O3S/c1-14-5-10-18(26-4)19(11-14)27(24,25)22(3)15(2)16-6-8-17(9-7-16)23-13-20-12-21-23/h5-13,15H,1-4H3/t15-/m0/s1. The lowest BCUT2D eigenvalue weighted by molar-refractivity contribution is 0.382. The van der Waals surface area contributed by atoms with Crippen LogP contribution in [0.2, 0.25) is 0 Å². The highest BCUT2D eigenvalue weighted by Crippen LogP contribution is 2.31. The van der Waals surface area contributed by atoms with Crippen LogP contribution >= 0.6 is 0 Å². The van der Waals surface area contributed by atoms with E-state index in [1.165, 1.54) is 17.7 Å². The fourth-order valence-electron chi connectivity index (χ4n) is 2.81. The summed E-state index contributed by atoms with van der Waals surface area (Å²) >= 11 is 0. The summed E-state index contributed by atoms with van der Waals surface area (Å²) in [6, 6.07) is 12.3. The van der Waals surface area contributed by atoms with Crippen molar-refractivity contribution in [2.24, 2.45) is 0 Å². The van der Waals surface area contributed by atoms with Gasteiger partial charge in [-0.2, -0.15) is 9.40 Å². The SMILES string of the molecule is COc1ccc(C)cc1S(=O)(=O)N(C)[C@@H](C)c1ccc(-n2cncn2)cc1. The van der Waals surface area contributed by atoms with Crippen LogP contribution in [-0.4, -0.2) is 41.6 Å². The lowest BCUT2D eigenvalue weighted by Crippen LogP contribution is -2.30. The van der Waals surface area contributed by atoms with Gasteiger partial charge in [-0.3, -0.25) is 0 Å². The van der Waals surface area contributed by atoms with E-state index in [-0.39, 0.29) is 10.9 Å². The largest absolute Gasteiger partial charge is 0.495 e. The van der Waals surface area contributed by atoms with Crippen LogP contribution in [-0.2, 0) is 10.0 Å². The van der Waals surface area contributed by atoms with Crippen molar-refractivity contribution in [2.45, 2.75) is 24.8 Å². The summed E-state index contributed by atoms with van der Waals surface area (Å²) in [5, 5.41) is 4.09. The number of sulfonamides is 1. The lowest BCUT2D eigenvalue weighted by atomic mass is 10.1. The first-order valence-electron chi connectivity index (χ1n) is 8.42. The van der Waals surface area contributed by atoms with E-state index in [1.54, 1.807) is 30.2 Å². The number of ether oxygens (including phenoxy) is 1. The van der Waals surface area contributed by atoms with Crippen molar-refractivity contribution in [3.8, 4) is 11.4 Å². The van der Waals surface area contributed by atoms with Gasteiger partial charge in [0, 0.05) is 13.1 Å².